The number of nitrogens with zero attached hydrogens (tertiary/aromatic N) is 1. The molecule has 0 saturated heterocycles. The third-order valence-corrected chi connectivity index (χ3v) is 2.81. The summed E-state index contributed by atoms with van der Waals surface area (Å²) in [5.74, 6) is -1.91. The molecule has 1 rings (SSSR count). The van der Waals surface area contributed by atoms with Gasteiger partial charge in [0.15, 0.2) is 0 Å². The van der Waals surface area contributed by atoms with Gasteiger partial charge in [-0.05, 0) is 12.5 Å². The quantitative estimate of drug-likeness (QED) is 0.408. The maximum absolute atomic E-state index is 11.9. The van der Waals surface area contributed by atoms with E-state index in [0.29, 0.717) is 13.2 Å². The minimum Gasteiger partial charge on any atom is -0.478 e. The molecule has 1 aromatic carbocycles. The third kappa shape index (κ3) is 5.49. The van der Waals surface area contributed by atoms with Crippen molar-refractivity contribution in [2.45, 2.75) is 19.8 Å². The Hall–Kier alpha value is -2.48. The van der Waals surface area contributed by atoms with Crippen molar-refractivity contribution in [1.82, 2.24) is 5.32 Å². The van der Waals surface area contributed by atoms with Gasteiger partial charge in [0.1, 0.15) is 0 Å². The smallest absolute Gasteiger partial charge is 0.335 e. The van der Waals surface area contributed by atoms with Crippen molar-refractivity contribution in [2.75, 3.05) is 19.8 Å². The highest BCUT2D eigenvalue weighted by Gasteiger charge is 2.17. The summed E-state index contributed by atoms with van der Waals surface area (Å²) in [5, 5.41) is 22.2. The Morgan fingerprint density at radius 3 is 2.55 bits per heavy atom. The highest BCUT2D eigenvalue weighted by atomic mass is 16.6. The van der Waals surface area contributed by atoms with Gasteiger partial charge in [0.05, 0.1) is 17.1 Å². The first kappa shape index (κ1) is 17.6. The van der Waals surface area contributed by atoms with E-state index in [-0.39, 0.29) is 17.7 Å². The SMILES string of the molecule is CCCCOCCNC(=O)c1cc(C(=O)O)cc([N+](=O)[O-])c1. The van der Waals surface area contributed by atoms with E-state index in [0.717, 1.165) is 31.0 Å². The molecule has 0 unspecified atom stereocenters. The number of aromatic carboxylic acids is 1. The molecule has 0 aliphatic heterocycles. The summed E-state index contributed by atoms with van der Waals surface area (Å²) >= 11 is 0. The fourth-order valence-corrected chi connectivity index (χ4v) is 1.66. The van der Waals surface area contributed by atoms with Crippen molar-refractivity contribution < 1.29 is 24.4 Å². The van der Waals surface area contributed by atoms with E-state index >= 15 is 0 Å². The number of carbonyl (C=O) groups excluding carboxylic acids is 1. The molecule has 8 heteroatoms. The molecule has 1 amide bonds. The van der Waals surface area contributed by atoms with Crippen LogP contribution in [0.1, 0.15) is 40.5 Å². The summed E-state index contributed by atoms with van der Waals surface area (Å²) in [6.45, 7) is 3.21. The first-order chi connectivity index (χ1) is 10.5. The van der Waals surface area contributed by atoms with Crippen LogP contribution in [0.2, 0.25) is 0 Å². The number of benzene rings is 1. The maximum atomic E-state index is 11.9. The molecular formula is C14H18N2O6. The van der Waals surface area contributed by atoms with Crippen molar-refractivity contribution in [2.24, 2.45) is 0 Å². The van der Waals surface area contributed by atoms with Gasteiger partial charge in [-0.3, -0.25) is 14.9 Å². The number of nitro groups is 1. The van der Waals surface area contributed by atoms with Crippen molar-refractivity contribution in [3.63, 3.8) is 0 Å². The van der Waals surface area contributed by atoms with Crippen LogP contribution in [-0.2, 0) is 4.74 Å². The highest BCUT2D eigenvalue weighted by molar-refractivity contribution is 5.98. The molecule has 0 bridgehead atoms. The lowest BCUT2D eigenvalue weighted by Crippen LogP contribution is -2.27. The van der Waals surface area contributed by atoms with Crippen LogP contribution in [0.3, 0.4) is 0 Å². The van der Waals surface area contributed by atoms with E-state index < -0.39 is 22.5 Å². The van der Waals surface area contributed by atoms with Crippen LogP contribution in [0.5, 0.6) is 0 Å². The van der Waals surface area contributed by atoms with E-state index in [9.17, 15) is 19.7 Å². The largest absolute Gasteiger partial charge is 0.478 e. The van der Waals surface area contributed by atoms with E-state index in [1.165, 1.54) is 0 Å². The zero-order chi connectivity index (χ0) is 16.5. The molecule has 0 aliphatic carbocycles. The number of unbranched alkanes of at least 4 members (excludes halogenated alkanes) is 1. The monoisotopic (exact) mass is 310 g/mol. The molecule has 0 radical (unpaired) electrons. The molecule has 0 fully saturated rings. The molecule has 0 saturated carbocycles. The Balaban J connectivity index is 2.68. The van der Waals surface area contributed by atoms with Gasteiger partial charge in [-0.1, -0.05) is 13.3 Å². The average molecular weight is 310 g/mol. The Morgan fingerprint density at radius 1 is 1.27 bits per heavy atom. The van der Waals surface area contributed by atoms with Crippen molar-refractivity contribution >= 4 is 17.6 Å². The van der Waals surface area contributed by atoms with E-state index in [2.05, 4.69) is 5.32 Å². The van der Waals surface area contributed by atoms with Gasteiger partial charge in [0.25, 0.3) is 11.6 Å². The number of ether oxygens (including phenoxy) is 1. The zero-order valence-corrected chi connectivity index (χ0v) is 12.2. The number of nitrogens with one attached hydrogen (secondary N) is 1. The number of non-ortho nitro benzene ring substituents is 1. The molecule has 0 spiro atoms. The molecule has 8 nitrogen and oxygen atoms in total. The summed E-state index contributed by atoms with van der Waals surface area (Å²) < 4.78 is 5.27. The van der Waals surface area contributed by atoms with Crippen molar-refractivity contribution in [3.05, 3.63) is 39.4 Å². The Kier molecular flexibility index (Phi) is 6.97. The number of hydrogen-bond donors (Lipinski definition) is 2. The summed E-state index contributed by atoms with van der Waals surface area (Å²) in [5.41, 5.74) is -0.817. The number of rotatable bonds is 9. The number of amides is 1. The topological polar surface area (TPSA) is 119 Å². The van der Waals surface area contributed by atoms with Crippen molar-refractivity contribution in [3.8, 4) is 0 Å². The van der Waals surface area contributed by atoms with Gasteiger partial charge >= 0.3 is 5.97 Å². The van der Waals surface area contributed by atoms with Crippen LogP contribution in [0.15, 0.2) is 18.2 Å². The van der Waals surface area contributed by atoms with Gasteiger partial charge in [-0.2, -0.15) is 0 Å². The number of carbonyl (C=O) groups is 2. The summed E-state index contributed by atoms with van der Waals surface area (Å²) in [6, 6.07) is 3.05. The summed E-state index contributed by atoms with van der Waals surface area (Å²) in [7, 11) is 0. The molecule has 0 atom stereocenters. The molecule has 0 heterocycles. The Bertz CT molecular complexity index is 526. The second-order valence-electron chi connectivity index (χ2n) is 4.55. The minimum atomic E-state index is -1.33. The highest BCUT2D eigenvalue weighted by Crippen LogP contribution is 2.17. The first-order valence-corrected chi connectivity index (χ1v) is 6.84. The van der Waals surface area contributed by atoms with Crippen LogP contribution >= 0.6 is 0 Å². The molecule has 1 aromatic rings. The second-order valence-corrected chi connectivity index (χ2v) is 4.55. The lowest BCUT2D eigenvalue weighted by molar-refractivity contribution is -0.384. The number of carboxylic acid groups (broad SMARTS) is 1. The predicted molar refractivity (Wildman–Crippen MR) is 78.1 cm³/mol. The van der Waals surface area contributed by atoms with Crippen LogP contribution in [-0.4, -0.2) is 41.7 Å². The molecule has 0 aromatic heterocycles. The minimum absolute atomic E-state index is 0.0693. The predicted octanol–water partition coefficient (Wildman–Crippen LogP) is 1.84. The van der Waals surface area contributed by atoms with Crippen LogP contribution in [0.25, 0.3) is 0 Å². The molecule has 2 N–H and O–H groups in total. The third-order valence-electron chi connectivity index (χ3n) is 2.81. The fourth-order valence-electron chi connectivity index (χ4n) is 1.66. The Labute approximate surface area is 127 Å². The van der Waals surface area contributed by atoms with Gasteiger partial charge in [0, 0.05) is 30.8 Å². The Morgan fingerprint density at radius 2 is 1.95 bits per heavy atom. The van der Waals surface area contributed by atoms with Gasteiger partial charge in [-0.15, -0.1) is 0 Å². The van der Waals surface area contributed by atoms with Crippen molar-refractivity contribution in [1.29, 1.82) is 0 Å². The molecule has 22 heavy (non-hydrogen) atoms. The van der Waals surface area contributed by atoms with Gasteiger partial charge in [-0.25, -0.2) is 4.79 Å². The second kappa shape index (κ2) is 8.73. The van der Waals surface area contributed by atoms with Crippen LogP contribution < -0.4 is 5.32 Å². The maximum Gasteiger partial charge on any atom is 0.335 e. The van der Waals surface area contributed by atoms with Gasteiger partial charge in [0.2, 0.25) is 0 Å². The normalized spacial score (nSPS) is 10.2. The fraction of sp³-hybridized carbons (Fsp3) is 0.429. The molecule has 120 valence electrons. The van der Waals surface area contributed by atoms with E-state index in [1.54, 1.807) is 0 Å². The summed E-state index contributed by atoms with van der Waals surface area (Å²) in [6.07, 6.45) is 1.94. The molecular weight excluding hydrogens is 292 g/mol. The number of carboxylic acids is 1. The lowest BCUT2D eigenvalue weighted by Gasteiger charge is -2.07. The van der Waals surface area contributed by atoms with E-state index in [1.807, 2.05) is 6.92 Å². The standard InChI is InChI=1S/C14H18N2O6/c1-2-3-5-22-6-4-15-13(17)10-7-11(14(18)19)9-12(8-10)16(20)21/h7-9H,2-6H2,1H3,(H,15,17)(H,18,19). The van der Waals surface area contributed by atoms with E-state index in [4.69, 9.17) is 9.84 Å². The lowest BCUT2D eigenvalue weighted by atomic mass is 10.1. The van der Waals surface area contributed by atoms with Gasteiger partial charge < -0.3 is 15.2 Å². The zero-order valence-electron chi connectivity index (χ0n) is 12.2. The first-order valence-electron chi connectivity index (χ1n) is 6.84. The number of nitro benzene ring substituents is 1. The number of hydrogen-bond acceptors (Lipinski definition) is 5. The van der Waals surface area contributed by atoms with Crippen LogP contribution in [0, 0.1) is 10.1 Å². The summed E-state index contributed by atoms with van der Waals surface area (Å²) in [4.78, 5) is 32.9. The van der Waals surface area contributed by atoms with Crippen LogP contribution in [0.4, 0.5) is 5.69 Å². The molecule has 0 aliphatic rings. The average Bonchev–Trinajstić information content (AvgIpc) is 2.49.